The van der Waals surface area contributed by atoms with Crippen molar-refractivity contribution < 1.29 is 54.2 Å². The molecule has 2 unspecified atom stereocenters. The number of hydrogen-bond acceptors (Lipinski definition) is 10. The molecule has 0 aliphatic heterocycles. The molecular formula is C33H30Cl3F3N2O9S2. The third kappa shape index (κ3) is 10.4. The van der Waals surface area contributed by atoms with E-state index in [9.17, 15) is 44.7 Å². The number of carbonyl (C=O) groups excluding carboxylic acids is 2. The van der Waals surface area contributed by atoms with Crippen molar-refractivity contribution in [1.82, 2.24) is 4.98 Å². The molecule has 1 heterocycles. The number of anilines is 1. The van der Waals surface area contributed by atoms with Crippen LogP contribution in [0.1, 0.15) is 58.5 Å². The Balaban J connectivity index is 0.000000406. The van der Waals surface area contributed by atoms with Gasteiger partial charge in [0.25, 0.3) is 19.1 Å². The molecule has 0 saturated heterocycles. The number of esters is 2. The van der Waals surface area contributed by atoms with E-state index >= 15 is 0 Å². The summed E-state index contributed by atoms with van der Waals surface area (Å²) in [6.07, 6.45) is -4.07. The fraction of sp³-hybridized carbons (Fsp3) is 0.242. The quantitative estimate of drug-likeness (QED) is 0.0869. The zero-order chi connectivity index (χ0) is 39.1. The number of nitrogens with zero attached hydrogens (tertiary/aromatic N) is 1. The minimum atomic E-state index is -5.11. The van der Waals surface area contributed by atoms with Crippen molar-refractivity contribution in [2.75, 3.05) is 17.9 Å². The summed E-state index contributed by atoms with van der Waals surface area (Å²) >= 11 is 12.0. The van der Waals surface area contributed by atoms with Gasteiger partial charge in [0.2, 0.25) is 0 Å². The van der Waals surface area contributed by atoms with Crippen LogP contribution in [0, 0.1) is 0 Å². The van der Waals surface area contributed by atoms with Crippen LogP contribution in [0.5, 0.6) is 0 Å². The number of hydrogen-bond donors (Lipinski definition) is 2. The lowest BCUT2D eigenvalue weighted by atomic mass is 9.78. The van der Waals surface area contributed by atoms with E-state index in [1.807, 2.05) is 0 Å². The summed E-state index contributed by atoms with van der Waals surface area (Å²) in [5, 5.41) is 10.4. The van der Waals surface area contributed by atoms with Gasteiger partial charge in [-0.1, -0.05) is 36.2 Å². The standard InChI is InChI=1S/C24H21Cl2F3N2O5S.C9H9ClO4S/c1-3-36-22(32)15-4-7-18(8-5-15)37(34,35)31-17-6-9-19(20(25)13-17)14(2)23(33,24(27,28)29)16-10-11-30-21(26)12-16;1-2-14-9(11)7-3-5-8(6-4-7)15(10,12)13/h4-14,31,33H,3H2,1-2H3;3-6H,2H2,1H3. The van der Waals surface area contributed by atoms with Gasteiger partial charge in [-0.25, -0.2) is 31.4 Å². The van der Waals surface area contributed by atoms with E-state index in [1.165, 1.54) is 60.7 Å². The van der Waals surface area contributed by atoms with Crippen LogP contribution >= 0.6 is 33.9 Å². The first-order valence-corrected chi connectivity index (χ1v) is 19.4. The van der Waals surface area contributed by atoms with Crippen molar-refractivity contribution in [3.8, 4) is 0 Å². The van der Waals surface area contributed by atoms with E-state index in [-0.39, 0.29) is 50.0 Å². The van der Waals surface area contributed by atoms with Crippen LogP contribution in [0.4, 0.5) is 18.9 Å². The maximum Gasteiger partial charge on any atom is 0.422 e. The van der Waals surface area contributed by atoms with Crippen LogP contribution in [0.2, 0.25) is 10.2 Å². The fourth-order valence-electron chi connectivity index (χ4n) is 4.63. The summed E-state index contributed by atoms with van der Waals surface area (Å²) in [6, 6.07) is 15.7. The van der Waals surface area contributed by atoms with E-state index in [0.29, 0.717) is 5.56 Å². The van der Waals surface area contributed by atoms with Gasteiger partial charge in [0.05, 0.1) is 39.8 Å². The zero-order valence-corrected chi connectivity index (χ0v) is 31.2. The number of pyridine rings is 1. The molecule has 3 aromatic carbocycles. The topological polar surface area (TPSA) is 166 Å². The van der Waals surface area contributed by atoms with E-state index in [2.05, 4.69) is 9.71 Å². The SMILES string of the molecule is CCOC(=O)c1ccc(S(=O)(=O)Cl)cc1.CCOC(=O)c1ccc(S(=O)(=O)Nc2ccc(C(C)C(O)(c3ccnc(Cl)c3)C(F)(F)F)c(Cl)c2)cc1. The van der Waals surface area contributed by atoms with Crippen molar-refractivity contribution in [3.63, 3.8) is 0 Å². The number of aromatic nitrogens is 1. The lowest BCUT2D eigenvalue weighted by molar-refractivity contribution is -0.274. The van der Waals surface area contributed by atoms with E-state index in [0.717, 1.165) is 31.3 Å². The number of rotatable bonds is 11. The van der Waals surface area contributed by atoms with Crippen LogP contribution in [0.15, 0.2) is 94.9 Å². The molecule has 0 fully saturated rings. The number of ether oxygens (including phenoxy) is 2. The van der Waals surface area contributed by atoms with Gasteiger partial charge in [-0.15, -0.1) is 0 Å². The van der Waals surface area contributed by atoms with Gasteiger partial charge in [0.15, 0.2) is 5.60 Å². The lowest BCUT2D eigenvalue weighted by Gasteiger charge is -2.37. The highest BCUT2D eigenvalue weighted by Crippen LogP contribution is 2.50. The molecule has 0 amide bonds. The maximum atomic E-state index is 14.1. The lowest BCUT2D eigenvalue weighted by Crippen LogP contribution is -2.46. The smallest absolute Gasteiger partial charge is 0.422 e. The summed E-state index contributed by atoms with van der Waals surface area (Å²) in [5.41, 5.74) is -3.56. The Kier molecular flexibility index (Phi) is 14.1. The van der Waals surface area contributed by atoms with Crippen LogP contribution < -0.4 is 4.72 Å². The number of aliphatic hydroxyl groups is 1. The minimum absolute atomic E-state index is 0.0297. The Morgan fingerprint density at radius 1 is 0.827 bits per heavy atom. The summed E-state index contributed by atoms with van der Waals surface area (Å²) in [7, 11) is -2.76. The first kappa shape index (κ1) is 42.5. The molecular weight excluding hydrogens is 796 g/mol. The predicted molar refractivity (Wildman–Crippen MR) is 188 cm³/mol. The summed E-state index contributed by atoms with van der Waals surface area (Å²) in [6.45, 7) is 4.89. The molecule has 0 aliphatic rings. The second kappa shape index (κ2) is 17.3. The Morgan fingerprint density at radius 3 is 1.75 bits per heavy atom. The first-order valence-electron chi connectivity index (χ1n) is 14.9. The molecule has 0 spiro atoms. The third-order valence-electron chi connectivity index (χ3n) is 7.27. The highest BCUT2D eigenvalue weighted by Gasteiger charge is 2.59. The molecule has 280 valence electrons. The van der Waals surface area contributed by atoms with Crippen LogP contribution in [0.25, 0.3) is 0 Å². The molecule has 11 nitrogen and oxygen atoms in total. The third-order valence-corrected chi connectivity index (χ3v) is 10.6. The second-order valence-corrected chi connectivity index (χ2v) is 15.7. The van der Waals surface area contributed by atoms with Gasteiger partial charge in [0, 0.05) is 27.8 Å². The highest BCUT2D eigenvalue weighted by atomic mass is 35.7. The van der Waals surface area contributed by atoms with Gasteiger partial charge >= 0.3 is 18.1 Å². The molecule has 2 N–H and O–H groups in total. The van der Waals surface area contributed by atoms with E-state index in [1.54, 1.807) is 13.8 Å². The molecule has 2 atom stereocenters. The first-order chi connectivity index (χ1) is 24.1. The molecule has 4 aromatic rings. The maximum absolute atomic E-state index is 14.1. The van der Waals surface area contributed by atoms with Crippen molar-refractivity contribution in [1.29, 1.82) is 0 Å². The zero-order valence-electron chi connectivity index (χ0n) is 27.3. The Bertz CT molecular complexity index is 2120. The van der Waals surface area contributed by atoms with Crippen molar-refractivity contribution in [2.24, 2.45) is 0 Å². The molecule has 4 rings (SSSR count). The molecule has 19 heteroatoms. The predicted octanol–water partition coefficient (Wildman–Crippen LogP) is 7.71. The number of benzene rings is 3. The van der Waals surface area contributed by atoms with Crippen molar-refractivity contribution in [2.45, 2.75) is 48.3 Å². The monoisotopic (exact) mass is 824 g/mol. The van der Waals surface area contributed by atoms with Crippen LogP contribution in [-0.4, -0.2) is 58.3 Å². The summed E-state index contributed by atoms with van der Waals surface area (Å²) in [5.74, 6) is -2.71. The second-order valence-electron chi connectivity index (χ2n) is 10.6. The minimum Gasteiger partial charge on any atom is -0.462 e. The van der Waals surface area contributed by atoms with Crippen molar-refractivity contribution in [3.05, 3.63) is 117 Å². The molecule has 0 aliphatic carbocycles. The van der Waals surface area contributed by atoms with E-state index in [4.69, 9.17) is 43.4 Å². The summed E-state index contributed by atoms with van der Waals surface area (Å²) in [4.78, 5) is 26.4. The molecule has 0 bridgehead atoms. The molecule has 1 aromatic heterocycles. The van der Waals surface area contributed by atoms with E-state index < -0.39 is 54.3 Å². The largest absolute Gasteiger partial charge is 0.462 e. The highest BCUT2D eigenvalue weighted by molar-refractivity contribution is 8.13. The molecule has 52 heavy (non-hydrogen) atoms. The fourth-order valence-corrected chi connectivity index (χ4v) is 6.97. The van der Waals surface area contributed by atoms with Gasteiger partial charge in [0.1, 0.15) is 5.15 Å². The van der Waals surface area contributed by atoms with Gasteiger partial charge in [-0.05, 0) is 97.8 Å². The Morgan fingerprint density at radius 2 is 1.33 bits per heavy atom. The van der Waals surface area contributed by atoms with Crippen molar-refractivity contribution >= 4 is 70.6 Å². The number of halogens is 6. The number of alkyl halides is 3. The summed E-state index contributed by atoms with van der Waals surface area (Å²) < 4.78 is 102. The Hall–Kier alpha value is -3.93. The van der Waals surface area contributed by atoms with Crippen LogP contribution in [-0.2, 0) is 34.1 Å². The van der Waals surface area contributed by atoms with Gasteiger partial charge in [-0.3, -0.25) is 4.72 Å². The average molecular weight is 826 g/mol. The number of nitrogens with one attached hydrogen (secondary N) is 1. The normalized spacial score (nSPS) is 13.5. The van der Waals surface area contributed by atoms with Crippen LogP contribution in [0.3, 0.4) is 0 Å². The van der Waals surface area contributed by atoms with Gasteiger partial charge in [-0.2, -0.15) is 13.2 Å². The Labute approximate surface area is 312 Å². The molecule has 0 radical (unpaired) electrons. The molecule has 0 saturated carbocycles. The number of carbonyl (C=O) groups is 2. The average Bonchev–Trinajstić information content (AvgIpc) is 3.07. The van der Waals surface area contributed by atoms with Gasteiger partial charge < -0.3 is 14.6 Å². The number of sulfonamides is 1.